The van der Waals surface area contributed by atoms with E-state index in [-0.39, 0.29) is 6.03 Å². The Kier molecular flexibility index (Phi) is 6.75. The van der Waals surface area contributed by atoms with Crippen molar-refractivity contribution in [1.29, 1.82) is 0 Å². The number of benzene rings is 2. The first-order valence-corrected chi connectivity index (χ1v) is 9.96. The molecular formula is C22H28ClN3O. The summed E-state index contributed by atoms with van der Waals surface area (Å²) < 4.78 is 0. The summed E-state index contributed by atoms with van der Waals surface area (Å²) in [5.41, 5.74) is 4.33. The Bertz CT molecular complexity index is 765. The molecule has 0 atom stereocenters. The van der Waals surface area contributed by atoms with Gasteiger partial charge in [0, 0.05) is 23.8 Å². The Morgan fingerprint density at radius 1 is 1.11 bits per heavy atom. The first-order chi connectivity index (χ1) is 13.0. The highest BCUT2D eigenvalue weighted by molar-refractivity contribution is 6.31. The molecule has 0 spiro atoms. The van der Waals surface area contributed by atoms with Gasteiger partial charge in [-0.2, -0.15) is 0 Å². The highest BCUT2D eigenvalue weighted by Gasteiger charge is 2.20. The molecule has 2 aromatic carbocycles. The fourth-order valence-corrected chi connectivity index (χ4v) is 3.87. The molecule has 2 amide bonds. The zero-order valence-electron chi connectivity index (χ0n) is 16.1. The van der Waals surface area contributed by atoms with Crippen molar-refractivity contribution in [2.24, 2.45) is 5.92 Å². The number of nitrogens with one attached hydrogen (secondary N) is 2. The van der Waals surface area contributed by atoms with Gasteiger partial charge in [0.1, 0.15) is 0 Å². The maximum atomic E-state index is 12.2. The van der Waals surface area contributed by atoms with Crippen LogP contribution in [0.15, 0.2) is 42.5 Å². The first-order valence-electron chi connectivity index (χ1n) is 9.58. The van der Waals surface area contributed by atoms with Crippen LogP contribution in [-0.2, 0) is 6.54 Å². The minimum atomic E-state index is -0.126. The third-order valence-electron chi connectivity index (χ3n) is 5.09. The molecule has 1 aliphatic rings. The number of hydrogen-bond acceptors (Lipinski definition) is 2. The topological polar surface area (TPSA) is 44.4 Å². The lowest BCUT2D eigenvalue weighted by Crippen LogP contribution is -2.39. The molecule has 2 aromatic rings. The van der Waals surface area contributed by atoms with Crippen molar-refractivity contribution >= 4 is 23.3 Å². The molecule has 0 aromatic heterocycles. The van der Waals surface area contributed by atoms with Crippen LogP contribution in [0, 0.1) is 19.8 Å². The molecular weight excluding hydrogens is 358 g/mol. The molecule has 1 aliphatic heterocycles. The number of piperidine rings is 1. The molecule has 1 fully saturated rings. The van der Waals surface area contributed by atoms with Gasteiger partial charge in [-0.25, -0.2) is 4.79 Å². The molecule has 144 valence electrons. The number of carbonyl (C=O) groups is 1. The van der Waals surface area contributed by atoms with E-state index in [1.165, 1.54) is 5.56 Å². The Morgan fingerprint density at radius 2 is 1.78 bits per heavy atom. The number of hydrogen-bond donors (Lipinski definition) is 2. The maximum absolute atomic E-state index is 12.2. The molecule has 0 unspecified atom stereocenters. The first kappa shape index (κ1) is 19.7. The van der Waals surface area contributed by atoms with Gasteiger partial charge in [-0.3, -0.25) is 4.90 Å². The molecule has 27 heavy (non-hydrogen) atoms. The molecule has 0 bridgehead atoms. The second-order valence-corrected chi connectivity index (χ2v) is 7.93. The molecule has 1 saturated heterocycles. The summed E-state index contributed by atoms with van der Waals surface area (Å²) in [5.74, 6) is 0.525. The predicted molar refractivity (Wildman–Crippen MR) is 112 cm³/mol. The Labute approximate surface area is 166 Å². The van der Waals surface area contributed by atoms with E-state index in [1.54, 1.807) is 0 Å². The Morgan fingerprint density at radius 3 is 2.44 bits per heavy atom. The van der Waals surface area contributed by atoms with E-state index >= 15 is 0 Å². The van der Waals surface area contributed by atoms with E-state index in [0.29, 0.717) is 5.92 Å². The van der Waals surface area contributed by atoms with E-state index in [9.17, 15) is 4.79 Å². The highest BCUT2D eigenvalue weighted by atomic mass is 35.5. The number of likely N-dealkylation sites (tertiary alicyclic amines) is 1. The van der Waals surface area contributed by atoms with Crippen LogP contribution in [0.3, 0.4) is 0 Å². The van der Waals surface area contributed by atoms with Crippen LogP contribution < -0.4 is 10.6 Å². The summed E-state index contributed by atoms with van der Waals surface area (Å²) in [5, 5.41) is 6.80. The number of amides is 2. The summed E-state index contributed by atoms with van der Waals surface area (Å²) in [4.78, 5) is 14.6. The Hall–Kier alpha value is -2.04. The largest absolute Gasteiger partial charge is 0.338 e. The number of anilines is 1. The summed E-state index contributed by atoms with van der Waals surface area (Å²) in [6.45, 7) is 7.76. The van der Waals surface area contributed by atoms with Crippen molar-refractivity contribution in [2.75, 3.05) is 25.0 Å². The summed E-state index contributed by atoms with van der Waals surface area (Å²) in [6.07, 6.45) is 2.18. The number of nitrogens with zero attached hydrogens (tertiary/aromatic N) is 1. The van der Waals surface area contributed by atoms with Gasteiger partial charge in [0.05, 0.1) is 0 Å². The predicted octanol–water partition coefficient (Wildman–Crippen LogP) is 4.99. The second kappa shape index (κ2) is 9.25. The highest BCUT2D eigenvalue weighted by Crippen LogP contribution is 2.22. The van der Waals surface area contributed by atoms with Crippen LogP contribution in [0.2, 0.25) is 5.02 Å². The van der Waals surface area contributed by atoms with E-state index in [1.807, 2.05) is 44.2 Å². The van der Waals surface area contributed by atoms with Crippen molar-refractivity contribution < 1.29 is 4.79 Å². The lowest BCUT2D eigenvalue weighted by atomic mass is 9.96. The quantitative estimate of drug-likeness (QED) is 0.761. The van der Waals surface area contributed by atoms with Crippen LogP contribution in [0.4, 0.5) is 10.5 Å². The van der Waals surface area contributed by atoms with Crippen LogP contribution in [-0.4, -0.2) is 30.6 Å². The van der Waals surface area contributed by atoms with Crippen LogP contribution in [0.5, 0.6) is 0 Å². The normalized spacial score (nSPS) is 15.5. The molecule has 0 saturated carbocycles. The number of rotatable bonds is 5. The van der Waals surface area contributed by atoms with Crippen molar-refractivity contribution in [2.45, 2.75) is 33.2 Å². The third kappa shape index (κ3) is 5.98. The summed E-state index contributed by atoms with van der Waals surface area (Å²) >= 11 is 6.26. The van der Waals surface area contributed by atoms with Crippen molar-refractivity contribution in [1.82, 2.24) is 10.2 Å². The minimum Gasteiger partial charge on any atom is -0.338 e. The number of carbonyl (C=O) groups excluding carboxylic acids is 1. The summed E-state index contributed by atoms with van der Waals surface area (Å²) in [7, 11) is 0. The van der Waals surface area contributed by atoms with Gasteiger partial charge < -0.3 is 10.6 Å². The molecule has 2 N–H and O–H groups in total. The molecule has 5 heteroatoms. The van der Waals surface area contributed by atoms with Gasteiger partial charge in [0.15, 0.2) is 0 Å². The SMILES string of the molecule is Cc1cc(C)cc(NC(=O)NCC2CCN(Cc3ccccc3Cl)CC2)c1. The molecule has 3 rings (SSSR count). The number of urea groups is 1. The smallest absolute Gasteiger partial charge is 0.319 e. The third-order valence-corrected chi connectivity index (χ3v) is 5.46. The average molecular weight is 386 g/mol. The van der Waals surface area contributed by atoms with Crippen molar-refractivity contribution in [3.8, 4) is 0 Å². The minimum absolute atomic E-state index is 0.126. The average Bonchev–Trinajstić information content (AvgIpc) is 2.62. The van der Waals surface area contributed by atoms with Crippen molar-refractivity contribution in [3.63, 3.8) is 0 Å². The standard InChI is InChI=1S/C22H28ClN3O/c1-16-11-17(2)13-20(12-16)25-22(27)24-14-18-7-9-26(10-8-18)15-19-5-3-4-6-21(19)23/h3-6,11-13,18H,7-10,14-15H2,1-2H3,(H2,24,25,27). The van der Waals surface area contributed by atoms with Gasteiger partial charge in [0.2, 0.25) is 0 Å². The molecule has 0 aliphatic carbocycles. The lowest BCUT2D eigenvalue weighted by molar-refractivity contribution is 0.176. The number of aryl methyl sites for hydroxylation is 2. The molecule has 0 radical (unpaired) electrons. The molecule has 4 nitrogen and oxygen atoms in total. The fourth-order valence-electron chi connectivity index (χ4n) is 3.68. The van der Waals surface area contributed by atoms with E-state index in [4.69, 9.17) is 11.6 Å². The van der Waals surface area contributed by atoms with Gasteiger partial charge in [-0.15, -0.1) is 0 Å². The maximum Gasteiger partial charge on any atom is 0.319 e. The van der Waals surface area contributed by atoms with E-state index in [2.05, 4.69) is 27.7 Å². The lowest BCUT2D eigenvalue weighted by Gasteiger charge is -2.32. The van der Waals surface area contributed by atoms with Crippen LogP contribution >= 0.6 is 11.6 Å². The van der Waals surface area contributed by atoms with Crippen molar-refractivity contribution in [3.05, 3.63) is 64.2 Å². The monoisotopic (exact) mass is 385 g/mol. The van der Waals surface area contributed by atoms with Crippen LogP contribution in [0.1, 0.15) is 29.5 Å². The van der Waals surface area contributed by atoms with Gasteiger partial charge in [-0.05, 0) is 80.6 Å². The summed E-state index contributed by atoms with van der Waals surface area (Å²) in [6, 6.07) is 14.0. The Balaban J connectivity index is 1.40. The van der Waals surface area contributed by atoms with Gasteiger partial charge in [0.25, 0.3) is 0 Å². The molecule has 1 heterocycles. The zero-order valence-corrected chi connectivity index (χ0v) is 16.9. The van der Waals surface area contributed by atoms with E-state index in [0.717, 1.165) is 60.9 Å². The zero-order chi connectivity index (χ0) is 19.2. The fraction of sp³-hybridized carbons (Fsp3) is 0.409. The van der Waals surface area contributed by atoms with E-state index < -0.39 is 0 Å². The second-order valence-electron chi connectivity index (χ2n) is 7.52. The van der Waals surface area contributed by atoms with Crippen LogP contribution in [0.25, 0.3) is 0 Å². The van der Waals surface area contributed by atoms with Gasteiger partial charge >= 0.3 is 6.03 Å². The number of halogens is 1. The van der Waals surface area contributed by atoms with Gasteiger partial charge in [-0.1, -0.05) is 35.9 Å².